The van der Waals surface area contributed by atoms with Crippen molar-refractivity contribution in [3.05, 3.63) is 23.4 Å². The van der Waals surface area contributed by atoms with Crippen molar-refractivity contribution < 1.29 is 9.90 Å². The van der Waals surface area contributed by atoms with E-state index in [0.29, 0.717) is 17.4 Å². The van der Waals surface area contributed by atoms with Crippen LogP contribution < -0.4 is 5.32 Å². The highest BCUT2D eigenvalue weighted by Crippen LogP contribution is 2.34. The molecular formula is C16H24N2O2. The number of nitrogens with one attached hydrogen (secondary N) is 1. The number of hydrogen-bond acceptors (Lipinski definition) is 3. The van der Waals surface area contributed by atoms with Crippen LogP contribution in [-0.2, 0) is 6.42 Å². The fourth-order valence-corrected chi connectivity index (χ4v) is 2.46. The molecule has 1 fully saturated rings. The molecule has 20 heavy (non-hydrogen) atoms. The molecule has 1 heterocycles. The maximum atomic E-state index is 11.2. The van der Waals surface area contributed by atoms with E-state index in [0.717, 1.165) is 30.9 Å². The molecule has 0 saturated heterocycles. The third-order valence-corrected chi connectivity index (χ3v) is 3.79. The van der Waals surface area contributed by atoms with Crippen molar-refractivity contribution in [1.29, 1.82) is 0 Å². The van der Waals surface area contributed by atoms with Crippen LogP contribution in [0.4, 0.5) is 5.82 Å². The molecule has 1 aromatic heterocycles. The van der Waals surface area contributed by atoms with Crippen LogP contribution in [-0.4, -0.2) is 22.1 Å². The predicted octanol–water partition coefficient (Wildman–Crippen LogP) is 3.72. The number of anilines is 1. The van der Waals surface area contributed by atoms with Gasteiger partial charge in [-0.2, -0.15) is 0 Å². The first-order chi connectivity index (χ1) is 9.62. The fourth-order valence-electron chi connectivity index (χ4n) is 2.46. The lowest BCUT2D eigenvalue weighted by molar-refractivity contribution is 0.0696. The van der Waals surface area contributed by atoms with Gasteiger partial charge in [-0.1, -0.05) is 33.1 Å². The Kier molecular flexibility index (Phi) is 4.99. The molecule has 0 bridgehead atoms. The standard InChI is InChI=1S/C16H24N2O2/c1-3-5-14-9-12(16(19)20)10-15(18-14)17-13(4-2)8-11-6-7-11/h9-11,13H,3-8H2,1-2H3,(H,17,18)(H,19,20). The molecule has 1 saturated carbocycles. The molecule has 4 nitrogen and oxygen atoms in total. The topological polar surface area (TPSA) is 62.2 Å². The maximum absolute atomic E-state index is 11.2. The monoisotopic (exact) mass is 276 g/mol. The summed E-state index contributed by atoms with van der Waals surface area (Å²) in [6, 6.07) is 3.73. The molecule has 4 heteroatoms. The van der Waals surface area contributed by atoms with Gasteiger partial charge >= 0.3 is 5.97 Å². The van der Waals surface area contributed by atoms with E-state index < -0.39 is 5.97 Å². The number of carbonyl (C=O) groups is 1. The van der Waals surface area contributed by atoms with Crippen LogP contribution in [0, 0.1) is 5.92 Å². The average Bonchev–Trinajstić information content (AvgIpc) is 3.22. The van der Waals surface area contributed by atoms with E-state index in [2.05, 4.69) is 24.1 Å². The van der Waals surface area contributed by atoms with Crippen LogP contribution >= 0.6 is 0 Å². The third kappa shape index (κ3) is 4.22. The lowest BCUT2D eigenvalue weighted by Crippen LogP contribution is -2.20. The Balaban J connectivity index is 2.13. The molecule has 0 aliphatic heterocycles. The van der Waals surface area contributed by atoms with E-state index in [1.165, 1.54) is 19.3 Å². The van der Waals surface area contributed by atoms with Crippen molar-refractivity contribution in [1.82, 2.24) is 4.98 Å². The van der Waals surface area contributed by atoms with E-state index in [9.17, 15) is 9.90 Å². The summed E-state index contributed by atoms with van der Waals surface area (Å²) in [4.78, 5) is 15.7. The van der Waals surface area contributed by atoms with Gasteiger partial charge in [0.2, 0.25) is 0 Å². The van der Waals surface area contributed by atoms with Crippen molar-refractivity contribution in [3.63, 3.8) is 0 Å². The summed E-state index contributed by atoms with van der Waals surface area (Å²) in [5, 5.41) is 12.6. The van der Waals surface area contributed by atoms with Crippen molar-refractivity contribution >= 4 is 11.8 Å². The van der Waals surface area contributed by atoms with Crippen LogP contribution in [0.3, 0.4) is 0 Å². The van der Waals surface area contributed by atoms with Crippen LogP contribution in [0.15, 0.2) is 12.1 Å². The number of aromatic carboxylic acids is 1. The largest absolute Gasteiger partial charge is 0.478 e. The smallest absolute Gasteiger partial charge is 0.335 e. The van der Waals surface area contributed by atoms with E-state index in [-0.39, 0.29) is 0 Å². The summed E-state index contributed by atoms with van der Waals surface area (Å²) in [6.45, 7) is 4.23. The molecule has 1 unspecified atom stereocenters. The zero-order valence-electron chi connectivity index (χ0n) is 12.4. The van der Waals surface area contributed by atoms with Crippen molar-refractivity contribution in [2.24, 2.45) is 5.92 Å². The Bertz CT molecular complexity index is 470. The van der Waals surface area contributed by atoms with Crippen molar-refractivity contribution in [2.75, 3.05) is 5.32 Å². The summed E-state index contributed by atoms with van der Waals surface area (Å²) in [5.41, 5.74) is 1.18. The zero-order valence-corrected chi connectivity index (χ0v) is 12.4. The number of rotatable bonds is 8. The second kappa shape index (κ2) is 6.73. The fraction of sp³-hybridized carbons (Fsp3) is 0.625. The summed E-state index contributed by atoms with van der Waals surface area (Å²) < 4.78 is 0. The van der Waals surface area contributed by atoms with E-state index in [4.69, 9.17) is 0 Å². The summed E-state index contributed by atoms with van der Waals surface area (Å²) in [7, 11) is 0. The Morgan fingerprint density at radius 1 is 1.45 bits per heavy atom. The molecule has 0 radical (unpaired) electrons. The first-order valence-electron chi connectivity index (χ1n) is 7.63. The van der Waals surface area contributed by atoms with Crippen LogP contribution in [0.5, 0.6) is 0 Å². The highest BCUT2D eigenvalue weighted by molar-refractivity contribution is 5.88. The van der Waals surface area contributed by atoms with Gasteiger partial charge in [0.15, 0.2) is 0 Å². The first-order valence-corrected chi connectivity index (χ1v) is 7.63. The molecule has 2 N–H and O–H groups in total. The van der Waals surface area contributed by atoms with Gasteiger partial charge < -0.3 is 10.4 Å². The minimum Gasteiger partial charge on any atom is -0.478 e. The molecule has 0 amide bonds. The van der Waals surface area contributed by atoms with Crippen LogP contribution in [0.1, 0.15) is 62.0 Å². The molecule has 2 rings (SSSR count). The van der Waals surface area contributed by atoms with Crippen LogP contribution in [0.25, 0.3) is 0 Å². The molecule has 0 spiro atoms. The first kappa shape index (κ1) is 14.8. The summed E-state index contributed by atoms with van der Waals surface area (Å²) in [6.07, 6.45) is 6.66. The number of carboxylic acid groups (broad SMARTS) is 1. The van der Waals surface area contributed by atoms with E-state index in [1.807, 2.05) is 0 Å². The highest BCUT2D eigenvalue weighted by Gasteiger charge is 2.25. The lowest BCUT2D eigenvalue weighted by Gasteiger charge is -2.18. The normalized spacial score (nSPS) is 15.9. The maximum Gasteiger partial charge on any atom is 0.335 e. The van der Waals surface area contributed by atoms with E-state index >= 15 is 0 Å². The predicted molar refractivity (Wildman–Crippen MR) is 80.2 cm³/mol. The molecule has 1 atom stereocenters. The van der Waals surface area contributed by atoms with Gasteiger partial charge in [0.25, 0.3) is 0 Å². The molecule has 1 aliphatic rings. The molecule has 0 aromatic carbocycles. The van der Waals surface area contributed by atoms with E-state index in [1.54, 1.807) is 12.1 Å². The Morgan fingerprint density at radius 3 is 2.75 bits per heavy atom. The molecule has 1 aliphatic carbocycles. The van der Waals surface area contributed by atoms with Gasteiger partial charge in [-0.3, -0.25) is 0 Å². The number of hydrogen-bond donors (Lipinski definition) is 2. The van der Waals surface area contributed by atoms with Crippen molar-refractivity contribution in [3.8, 4) is 0 Å². The second-order valence-electron chi connectivity index (χ2n) is 5.72. The number of carboxylic acids is 1. The average molecular weight is 276 g/mol. The lowest BCUT2D eigenvalue weighted by atomic mass is 10.1. The minimum atomic E-state index is -0.886. The number of aryl methyl sites for hydroxylation is 1. The molecular weight excluding hydrogens is 252 g/mol. The quantitative estimate of drug-likeness (QED) is 0.759. The van der Waals surface area contributed by atoms with Gasteiger partial charge in [0, 0.05) is 11.7 Å². The van der Waals surface area contributed by atoms with Gasteiger partial charge in [-0.05, 0) is 37.3 Å². The van der Waals surface area contributed by atoms with Gasteiger partial charge in [0.05, 0.1) is 5.56 Å². The molecule has 110 valence electrons. The van der Waals surface area contributed by atoms with Crippen molar-refractivity contribution in [2.45, 2.75) is 58.4 Å². The molecule has 1 aromatic rings. The number of aromatic nitrogens is 1. The van der Waals surface area contributed by atoms with Gasteiger partial charge in [0.1, 0.15) is 5.82 Å². The van der Waals surface area contributed by atoms with Gasteiger partial charge in [-0.15, -0.1) is 0 Å². The minimum absolute atomic E-state index is 0.326. The van der Waals surface area contributed by atoms with Gasteiger partial charge in [-0.25, -0.2) is 9.78 Å². The third-order valence-electron chi connectivity index (χ3n) is 3.79. The Labute approximate surface area is 120 Å². The summed E-state index contributed by atoms with van der Waals surface area (Å²) >= 11 is 0. The second-order valence-corrected chi connectivity index (χ2v) is 5.72. The van der Waals surface area contributed by atoms with Crippen LogP contribution in [0.2, 0.25) is 0 Å². The SMILES string of the molecule is CCCc1cc(C(=O)O)cc(NC(CC)CC2CC2)n1. The highest BCUT2D eigenvalue weighted by atomic mass is 16.4. The Hall–Kier alpha value is -1.58. The number of nitrogens with zero attached hydrogens (tertiary/aromatic N) is 1. The zero-order chi connectivity index (χ0) is 14.5. The Morgan fingerprint density at radius 2 is 2.20 bits per heavy atom. The summed E-state index contributed by atoms with van der Waals surface area (Å²) in [5.74, 6) is 0.675. The number of pyridine rings is 1.